The van der Waals surface area contributed by atoms with Crippen molar-refractivity contribution < 1.29 is 28.4 Å². The summed E-state index contributed by atoms with van der Waals surface area (Å²) in [5, 5.41) is 20.5. The molecule has 2 rings (SSSR count). The third-order valence-corrected chi connectivity index (χ3v) is 5.20. The van der Waals surface area contributed by atoms with Gasteiger partial charge in [0.2, 0.25) is 10.0 Å². The molecule has 1 aliphatic heterocycles. The Morgan fingerprint density at radius 2 is 2.05 bits per heavy atom. The Kier molecular flexibility index (Phi) is 4.64. The first-order valence-corrected chi connectivity index (χ1v) is 7.67. The van der Waals surface area contributed by atoms with E-state index in [9.17, 15) is 13.2 Å². The molecule has 1 aliphatic rings. The van der Waals surface area contributed by atoms with Gasteiger partial charge in [-0.3, -0.25) is 10.0 Å². The van der Waals surface area contributed by atoms with Gasteiger partial charge in [0.05, 0.1) is 24.3 Å². The molecule has 10 heteroatoms. The minimum Gasteiger partial charge on any atom is -0.497 e. The highest BCUT2D eigenvalue weighted by Crippen LogP contribution is 2.26. The number of carbonyl (C=O) groups is 1. The number of benzene rings is 1. The second kappa shape index (κ2) is 6.30. The van der Waals surface area contributed by atoms with Crippen LogP contribution in [-0.4, -0.2) is 54.5 Å². The highest BCUT2D eigenvalue weighted by molar-refractivity contribution is 7.89. The maximum Gasteiger partial charge on any atom is 0.262 e. The molecule has 0 saturated carbocycles. The van der Waals surface area contributed by atoms with Crippen LogP contribution in [0.2, 0.25) is 0 Å². The molecule has 0 aromatic heterocycles. The van der Waals surface area contributed by atoms with Gasteiger partial charge in [-0.05, 0) is 24.3 Å². The Morgan fingerprint density at radius 1 is 1.41 bits per heavy atom. The molecule has 0 spiro atoms. The molecule has 1 amide bonds. The van der Waals surface area contributed by atoms with E-state index in [1.807, 2.05) is 0 Å². The van der Waals surface area contributed by atoms with Gasteiger partial charge in [0, 0.05) is 6.42 Å². The Morgan fingerprint density at radius 3 is 2.55 bits per heavy atom. The van der Waals surface area contributed by atoms with E-state index in [-0.39, 0.29) is 23.6 Å². The standard InChI is InChI=1S/C12H15N3O6S/c1-21-9-2-4-10(5-3-9)22(19,20)15-7-8(13-17)6-11(15)12(16)14-18/h2-5,11,17-18H,6-7H2,1H3,(H,14,16)/b13-8-/t11-/m1/s1. The number of sulfonamides is 1. The van der Waals surface area contributed by atoms with Crippen LogP contribution in [0.25, 0.3) is 0 Å². The van der Waals surface area contributed by atoms with Crippen LogP contribution in [0.1, 0.15) is 6.42 Å². The lowest BCUT2D eigenvalue weighted by Crippen LogP contribution is -2.44. The lowest BCUT2D eigenvalue weighted by Gasteiger charge is -2.21. The largest absolute Gasteiger partial charge is 0.497 e. The van der Waals surface area contributed by atoms with Gasteiger partial charge >= 0.3 is 0 Å². The first-order chi connectivity index (χ1) is 10.4. The van der Waals surface area contributed by atoms with Crippen LogP contribution in [-0.2, 0) is 14.8 Å². The molecule has 120 valence electrons. The van der Waals surface area contributed by atoms with E-state index in [1.165, 1.54) is 36.9 Å². The van der Waals surface area contributed by atoms with Crippen LogP contribution < -0.4 is 10.2 Å². The molecular formula is C12H15N3O6S. The van der Waals surface area contributed by atoms with Crippen LogP contribution in [0.3, 0.4) is 0 Å². The van der Waals surface area contributed by atoms with Crippen molar-refractivity contribution in [3.63, 3.8) is 0 Å². The maximum absolute atomic E-state index is 12.6. The fourth-order valence-corrected chi connectivity index (χ4v) is 3.76. The summed E-state index contributed by atoms with van der Waals surface area (Å²) in [7, 11) is -2.54. The number of methoxy groups -OCH3 is 1. The van der Waals surface area contributed by atoms with Crippen LogP contribution in [0.15, 0.2) is 34.3 Å². The summed E-state index contributed by atoms with van der Waals surface area (Å²) < 4.78 is 31.1. The van der Waals surface area contributed by atoms with Crippen LogP contribution in [0.4, 0.5) is 0 Å². The molecule has 0 radical (unpaired) electrons. The van der Waals surface area contributed by atoms with Gasteiger partial charge in [-0.1, -0.05) is 5.16 Å². The third-order valence-electron chi connectivity index (χ3n) is 3.34. The minimum atomic E-state index is -4.00. The molecule has 3 N–H and O–H groups in total. The summed E-state index contributed by atoms with van der Waals surface area (Å²) in [5.74, 6) is -0.404. The molecule has 0 unspecified atom stereocenters. The minimum absolute atomic E-state index is 0.0387. The molecule has 1 atom stereocenters. The summed E-state index contributed by atoms with van der Waals surface area (Å²) in [6.45, 7) is -0.233. The lowest BCUT2D eigenvalue weighted by atomic mass is 10.2. The van der Waals surface area contributed by atoms with Gasteiger partial charge in [0.1, 0.15) is 11.8 Å². The predicted octanol–water partition coefficient (Wildman–Crippen LogP) is -0.206. The number of ether oxygens (including phenoxy) is 1. The molecule has 1 fully saturated rings. The number of rotatable bonds is 4. The number of carbonyl (C=O) groups excluding carboxylic acids is 1. The normalized spacial score (nSPS) is 21.0. The smallest absolute Gasteiger partial charge is 0.262 e. The molecule has 1 aromatic rings. The Labute approximate surface area is 126 Å². The summed E-state index contributed by atoms with van der Waals surface area (Å²) in [6, 6.07) is 4.46. The van der Waals surface area contributed by atoms with E-state index in [0.717, 1.165) is 4.31 Å². The monoisotopic (exact) mass is 329 g/mol. The van der Waals surface area contributed by atoms with E-state index in [4.69, 9.17) is 15.2 Å². The SMILES string of the molecule is COc1ccc(S(=O)(=O)N2C/C(=N\O)C[C@@H]2C(=O)NO)cc1. The van der Waals surface area contributed by atoms with Crippen molar-refractivity contribution >= 4 is 21.6 Å². The number of hydrogen-bond donors (Lipinski definition) is 3. The lowest BCUT2D eigenvalue weighted by molar-refractivity contribution is -0.132. The number of hydroxylamine groups is 1. The van der Waals surface area contributed by atoms with Crippen molar-refractivity contribution in [2.45, 2.75) is 17.4 Å². The maximum atomic E-state index is 12.6. The molecule has 1 heterocycles. The van der Waals surface area contributed by atoms with Gasteiger partial charge in [-0.25, -0.2) is 13.9 Å². The summed E-state index contributed by atoms with van der Waals surface area (Å²) in [6.07, 6.45) is -0.0989. The second-order valence-corrected chi connectivity index (χ2v) is 6.48. The van der Waals surface area contributed by atoms with Crippen molar-refractivity contribution in [1.82, 2.24) is 9.79 Å². The van der Waals surface area contributed by atoms with Gasteiger partial charge in [-0.2, -0.15) is 4.31 Å². The average Bonchev–Trinajstić information content (AvgIpc) is 2.99. The Balaban J connectivity index is 2.39. The molecule has 9 nitrogen and oxygen atoms in total. The van der Waals surface area contributed by atoms with Crippen molar-refractivity contribution in [2.24, 2.45) is 5.16 Å². The van der Waals surface area contributed by atoms with E-state index in [2.05, 4.69) is 5.16 Å². The van der Waals surface area contributed by atoms with Crippen molar-refractivity contribution in [3.8, 4) is 5.75 Å². The van der Waals surface area contributed by atoms with Gasteiger partial charge in [-0.15, -0.1) is 0 Å². The number of amides is 1. The second-order valence-electron chi connectivity index (χ2n) is 4.59. The Bertz CT molecular complexity index is 685. The zero-order valence-corrected chi connectivity index (χ0v) is 12.4. The van der Waals surface area contributed by atoms with Crippen LogP contribution in [0, 0.1) is 0 Å². The van der Waals surface area contributed by atoms with Crippen molar-refractivity contribution in [3.05, 3.63) is 24.3 Å². The van der Waals surface area contributed by atoms with Crippen molar-refractivity contribution in [1.29, 1.82) is 0 Å². The van der Waals surface area contributed by atoms with E-state index < -0.39 is 22.0 Å². The Hall–Kier alpha value is -2.17. The van der Waals surface area contributed by atoms with E-state index >= 15 is 0 Å². The zero-order valence-electron chi connectivity index (χ0n) is 11.6. The first kappa shape index (κ1) is 16.2. The highest BCUT2D eigenvalue weighted by Gasteiger charge is 2.42. The average molecular weight is 329 g/mol. The highest BCUT2D eigenvalue weighted by atomic mass is 32.2. The fraction of sp³-hybridized carbons (Fsp3) is 0.333. The molecule has 0 aliphatic carbocycles. The van der Waals surface area contributed by atoms with Gasteiger partial charge < -0.3 is 9.94 Å². The summed E-state index contributed by atoms with van der Waals surface area (Å²) in [5.41, 5.74) is 1.55. The van der Waals surface area contributed by atoms with Crippen molar-refractivity contribution in [2.75, 3.05) is 13.7 Å². The molecule has 1 aromatic carbocycles. The molecule has 22 heavy (non-hydrogen) atoms. The fourth-order valence-electron chi connectivity index (χ4n) is 2.19. The van der Waals surface area contributed by atoms with Gasteiger partial charge in [0.15, 0.2) is 0 Å². The van der Waals surface area contributed by atoms with E-state index in [1.54, 1.807) is 0 Å². The first-order valence-electron chi connectivity index (χ1n) is 6.23. The predicted molar refractivity (Wildman–Crippen MR) is 74.4 cm³/mol. The summed E-state index contributed by atoms with van der Waals surface area (Å²) >= 11 is 0. The number of oxime groups is 1. The quantitative estimate of drug-likeness (QED) is 0.398. The van der Waals surface area contributed by atoms with E-state index in [0.29, 0.717) is 5.75 Å². The molecule has 1 saturated heterocycles. The number of nitrogens with zero attached hydrogens (tertiary/aromatic N) is 2. The van der Waals surface area contributed by atoms with Crippen LogP contribution >= 0.6 is 0 Å². The summed E-state index contributed by atoms with van der Waals surface area (Å²) in [4.78, 5) is 11.6. The molecule has 0 bridgehead atoms. The topological polar surface area (TPSA) is 129 Å². The molecular weight excluding hydrogens is 314 g/mol. The zero-order chi connectivity index (χ0) is 16.3. The number of nitrogens with one attached hydrogen (secondary N) is 1. The number of hydrogen-bond acceptors (Lipinski definition) is 7. The van der Waals surface area contributed by atoms with Crippen LogP contribution in [0.5, 0.6) is 5.75 Å². The third kappa shape index (κ3) is 2.89. The van der Waals surface area contributed by atoms with Gasteiger partial charge in [0.25, 0.3) is 5.91 Å².